The summed E-state index contributed by atoms with van der Waals surface area (Å²) >= 11 is 1.67. The maximum Gasteiger partial charge on any atom is 0.255 e. The topological polar surface area (TPSA) is 71.1 Å². The monoisotopic (exact) mass is 495 g/mol. The molecule has 0 unspecified atom stereocenters. The van der Waals surface area contributed by atoms with Gasteiger partial charge in [0.2, 0.25) is 0 Å². The predicted molar refractivity (Wildman–Crippen MR) is 145 cm³/mol. The molecule has 0 saturated heterocycles. The number of amides is 1. The highest BCUT2D eigenvalue weighted by atomic mass is 32.2. The Morgan fingerprint density at radius 2 is 1.69 bits per heavy atom. The maximum atomic E-state index is 13.7. The zero-order valence-electron chi connectivity index (χ0n) is 20.7. The number of anilines is 1. The van der Waals surface area contributed by atoms with Crippen molar-refractivity contribution < 1.29 is 9.59 Å². The summed E-state index contributed by atoms with van der Waals surface area (Å²) in [6.45, 7) is 3.81. The molecule has 36 heavy (non-hydrogen) atoms. The average molecular weight is 496 g/mol. The van der Waals surface area contributed by atoms with Crippen molar-refractivity contribution >= 4 is 29.3 Å². The van der Waals surface area contributed by atoms with Gasteiger partial charge >= 0.3 is 0 Å². The number of carbonyl (C=O) groups is 2. The first-order chi connectivity index (χ1) is 17.4. The predicted octanol–water partition coefficient (Wildman–Crippen LogP) is 6.11. The van der Waals surface area contributed by atoms with Crippen LogP contribution < -0.4 is 10.6 Å². The summed E-state index contributed by atoms with van der Waals surface area (Å²) in [6, 6.07) is 23.9. The molecule has 2 N–H and O–H groups in total. The van der Waals surface area contributed by atoms with Crippen LogP contribution in [0.3, 0.4) is 0 Å². The summed E-state index contributed by atoms with van der Waals surface area (Å²) in [7, 11) is 0. The van der Waals surface area contributed by atoms with Crippen molar-refractivity contribution in [2.75, 3.05) is 11.6 Å². The van der Waals surface area contributed by atoms with Crippen LogP contribution in [0.5, 0.6) is 0 Å². The molecule has 0 spiro atoms. The Kier molecular flexibility index (Phi) is 6.79. The van der Waals surface area contributed by atoms with E-state index in [-0.39, 0.29) is 17.6 Å². The van der Waals surface area contributed by atoms with E-state index in [9.17, 15) is 9.59 Å². The number of hydrogen-bond acceptors (Lipinski definition) is 5. The normalized spacial score (nSPS) is 19.6. The van der Waals surface area contributed by atoms with Crippen LogP contribution in [0, 0.1) is 6.92 Å². The minimum atomic E-state index is -0.439. The van der Waals surface area contributed by atoms with E-state index in [4.69, 9.17) is 0 Å². The van der Waals surface area contributed by atoms with Gasteiger partial charge in [-0.1, -0.05) is 48.5 Å². The van der Waals surface area contributed by atoms with Gasteiger partial charge in [0.1, 0.15) is 5.82 Å². The molecule has 3 aromatic rings. The molecule has 182 valence electrons. The fourth-order valence-electron chi connectivity index (χ4n) is 5.23. The molecule has 0 fully saturated rings. The van der Waals surface area contributed by atoms with Crippen LogP contribution in [-0.4, -0.2) is 22.9 Å². The number of thioether (sulfide) groups is 1. The second-order valence-electron chi connectivity index (χ2n) is 9.32. The third kappa shape index (κ3) is 4.73. The lowest BCUT2D eigenvalue weighted by Crippen LogP contribution is -2.37. The fraction of sp³-hybridized carbons (Fsp3) is 0.233. The second kappa shape index (κ2) is 10.2. The van der Waals surface area contributed by atoms with E-state index >= 15 is 0 Å². The zero-order valence-corrected chi connectivity index (χ0v) is 21.5. The largest absolute Gasteiger partial charge is 0.362 e. The van der Waals surface area contributed by atoms with Crippen LogP contribution in [0.1, 0.15) is 48.4 Å². The molecule has 2 aliphatic rings. The van der Waals surface area contributed by atoms with Crippen molar-refractivity contribution in [1.82, 2.24) is 10.3 Å². The minimum Gasteiger partial charge on any atom is -0.362 e. The van der Waals surface area contributed by atoms with Crippen LogP contribution in [0.4, 0.5) is 5.82 Å². The van der Waals surface area contributed by atoms with Crippen molar-refractivity contribution in [2.24, 2.45) is 0 Å². The maximum absolute atomic E-state index is 13.7. The Labute approximate surface area is 216 Å². The van der Waals surface area contributed by atoms with Gasteiger partial charge in [-0.15, -0.1) is 11.8 Å². The molecule has 5 nitrogen and oxygen atoms in total. The molecule has 5 rings (SSSR count). The summed E-state index contributed by atoms with van der Waals surface area (Å²) in [4.78, 5) is 33.0. The zero-order chi connectivity index (χ0) is 25.2. The average Bonchev–Trinajstić information content (AvgIpc) is 2.88. The highest BCUT2D eigenvalue weighted by molar-refractivity contribution is 7.98. The summed E-state index contributed by atoms with van der Waals surface area (Å²) in [5, 5.41) is 6.42. The van der Waals surface area contributed by atoms with Gasteiger partial charge in [-0.25, -0.2) is 4.98 Å². The van der Waals surface area contributed by atoms with Crippen molar-refractivity contribution in [1.29, 1.82) is 0 Å². The van der Waals surface area contributed by atoms with Crippen molar-refractivity contribution in [3.63, 3.8) is 0 Å². The second-order valence-corrected chi connectivity index (χ2v) is 10.2. The van der Waals surface area contributed by atoms with E-state index in [2.05, 4.69) is 39.9 Å². The molecule has 2 aromatic carbocycles. The van der Waals surface area contributed by atoms with E-state index in [0.717, 1.165) is 39.5 Å². The molecule has 0 bridgehead atoms. The van der Waals surface area contributed by atoms with Gasteiger partial charge in [0.05, 0.1) is 0 Å². The summed E-state index contributed by atoms with van der Waals surface area (Å²) in [5.74, 6) is 0.00981. The smallest absolute Gasteiger partial charge is 0.255 e. The number of aryl methyl sites for hydroxylation is 1. The standard InChI is InChI=1S/C30H29N3O2S/c1-18-8-7-11-26(31-18)33-30(35)27-19(2)32-24-16-22(20-9-5-4-6-10-20)17-25(34)29(24)28(27)21-12-14-23(36-3)15-13-21/h4-15,22,28,32H,16-17H2,1-3H3,(H,31,33,35)/t22-,28-/m0/s1. The first-order valence-electron chi connectivity index (χ1n) is 12.1. The van der Waals surface area contributed by atoms with Crippen LogP contribution in [0.15, 0.2) is 100 Å². The SMILES string of the molecule is CSc1ccc([C@H]2C(C(=O)Nc3cccc(C)n3)=C(C)NC3=C2C(=O)C[C@@H](c2ccccc2)C3)cc1. The van der Waals surface area contributed by atoms with E-state index in [1.165, 1.54) is 0 Å². The lowest BCUT2D eigenvalue weighted by molar-refractivity contribution is -0.116. The highest BCUT2D eigenvalue weighted by Gasteiger charge is 2.40. The summed E-state index contributed by atoms with van der Waals surface area (Å²) in [5.41, 5.74) is 5.86. The van der Waals surface area contributed by atoms with Crippen LogP contribution in [0.2, 0.25) is 0 Å². The molecule has 2 atom stereocenters. The van der Waals surface area contributed by atoms with Gasteiger partial charge < -0.3 is 10.6 Å². The van der Waals surface area contributed by atoms with Gasteiger partial charge in [-0.05, 0) is 67.8 Å². The van der Waals surface area contributed by atoms with Gasteiger partial charge in [-0.2, -0.15) is 0 Å². The number of benzene rings is 2. The minimum absolute atomic E-state index is 0.0861. The van der Waals surface area contributed by atoms with Crippen LogP contribution >= 0.6 is 11.8 Å². The van der Waals surface area contributed by atoms with Crippen molar-refractivity contribution in [3.05, 3.63) is 112 Å². The molecule has 1 aliphatic heterocycles. The Balaban J connectivity index is 1.56. The lowest BCUT2D eigenvalue weighted by atomic mass is 9.71. The van der Waals surface area contributed by atoms with Gasteiger partial charge in [0, 0.05) is 45.5 Å². The number of nitrogens with one attached hydrogen (secondary N) is 2. The van der Waals surface area contributed by atoms with E-state index < -0.39 is 5.92 Å². The van der Waals surface area contributed by atoms with Gasteiger partial charge in [-0.3, -0.25) is 9.59 Å². The van der Waals surface area contributed by atoms with Gasteiger partial charge in [0.25, 0.3) is 5.91 Å². The van der Waals surface area contributed by atoms with E-state index in [1.807, 2.05) is 62.6 Å². The van der Waals surface area contributed by atoms with E-state index in [1.54, 1.807) is 17.8 Å². The Morgan fingerprint density at radius 3 is 2.39 bits per heavy atom. The molecular weight excluding hydrogens is 466 g/mol. The number of ketones is 1. The number of carbonyl (C=O) groups excluding carboxylic acids is 2. The third-order valence-electron chi connectivity index (χ3n) is 6.92. The molecule has 1 aromatic heterocycles. The fourth-order valence-corrected chi connectivity index (χ4v) is 5.64. The van der Waals surface area contributed by atoms with Crippen LogP contribution in [0.25, 0.3) is 0 Å². The Bertz CT molecular complexity index is 1380. The number of hydrogen-bond donors (Lipinski definition) is 2. The quantitative estimate of drug-likeness (QED) is 0.418. The molecule has 6 heteroatoms. The number of pyridine rings is 1. The van der Waals surface area contributed by atoms with Crippen molar-refractivity contribution in [3.8, 4) is 0 Å². The molecule has 1 aliphatic carbocycles. The Hall–Kier alpha value is -3.64. The number of Topliss-reactive ketones (excluding diaryl/α,β-unsaturated/α-hetero) is 1. The number of rotatable bonds is 5. The van der Waals surface area contributed by atoms with Gasteiger partial charge in [0.15, 0.2) is 5.78 Å². The van der Waals surface area contributed by atoms with Crippen molar-refractivity contribution in [2.45, 2.75) is 43.4 Å². The highest BCUT2D eigenvalue weighted by Crippen LogP contribution is 2.45. The molecular formula is C30H29N3O2S. The number of dihydropyridines is 1. The third-order valence-corrected chi connectivity index (χ3v) is 7.67. The molecule has 0 radical (unpaired) electrons. The molecule has 2 heterocycles. The summed E-state index contributed by atoms with van der Waals surface area (Å²) < 4.78 is 0. The molecule has 1 amide bonds. The Morgan fingerprint density at radius 1 is 0.944 bits per heavy atom. The van der Waals surface area contributed by atoms with Crippen LogP contribution in [-0.2, 0) is 9.59 Å². The number of aromatic nitrogens is 1. The molecule has 0 saturated carbocycles. The first kappa shape index (κ1) is 24.1. The lowest BCUT2D eigenvalue weighted by Gasteiger charge is -2.37. The first-order valence-corrected chi connectivity index (χ1v) is 13.3. The number of allylic oxidation sites excluding steroid dienone is 3. The number of nitrogens with zero attached hydrogens (tertiary/aromatic N) is 1. The van der Waals surface area contributed by atoms with E-state index in [0.29, 0.717) is 23.4 Å². The summed E-state index contributed by atoms with van der Waals surface area (Å²) in [6.07, 6.45) is 3.19.